The van der Waals surface area contributed by atoms with Gasteiger partial charge >= 0.3 is 0 Å². The summed E-state index contributed by atoms with van der Waals surface area (Å²) < 4.78 is 15.6. The van der Waals surface area contributed by atoms with Gasteiger partial charge in [-0.1, -0.05) is 110 Å². The molecule has 12 nitrogen and oxygen atoms in total. The minimum absolute atomic E-state index is 0.106. The molecular weight excluding hydrogens is 1030 g/mol. The molecule has 4 aromatic carbocycles. The molecule has 0 atom stereocenters. The van der Waals surface area contributed by atoms with Gasteiger partial charge in [0.1, 0.15) is 11.5 Å². The van der Waals surface area contributed by atoms with Crippen LogP contribution in [0.1, 0.15) is 84.6 Å². The molecule has 8 bridgehead atoms. The number of thiazole rings is 2. The van der Waals surface area contributed by atoms with E-state index in [0.717, 1.165) is 112 Å². The molecular formula is C66H58N8O4S2. The fraction of sp³-hybridized carbons (Fsp3) is 0.152. The summed E-state index contributed by atoms with van der Waals surface area (Å²) in [6.07, 6.45) is 4.65. The molecule has 0 aliphatic carbocycles. The van der Waals surface area contributed by atoms with Gasteiger partial charge in [-0.2, -0.15) is 9.98 Å². The van der Waals surface area contributed by atoms with E-state index in [0.29, 0.717) is 45.3 Å². The highest BCUT2D eigenvalue weighted by atomic mass is 32.1. The Balaban J connectivity index is 1.02. The predicted molar refractivity (Wildman–Crippen MR) is 327 cm³/mol. The summed E-state index contributed by atoms with van der Waals surface area (Å²) in [7, 11) is 3.28. The highest BCUT2D eigenvalue weighted by molar-refractivity contribution is 7.07. The van der Waals surface area contributed by atoms with E-state index in [2.05, 4.69) is 62.1 Å². The van der Waals surface area contributed by atoms with Crippen LogP contribution in [0.2, 0.25) is 0 Å². The predicted octanol–water partition coefficient (Wildman–Crippen LogP) is 15.0. The van der Waals surface area contributed by atoms with Crippen molar-refractivity contribution in [3.05, 3.63) is 212 Å². The second-order valence-corrected chi connectivity index (χ2v) is 21.2. The Kier molecular flexibility index (Phi) is 14.9. The number of rotatable bonds is 14. The van der Waals surface area contributed by atoms with Gasteiger partial charge in [-0.05, 0) is 134 Å². The third kappa shape index (κ3) is 10.1. The summed E-state index contributed by atoms with van der Waals surface area (Å²) in [5.74, 6) is 0.750. The Morgan fingerprint density at radius 2 is 0.938 bits per heavy atom. The Morgan fingerprint density at radius 3 is 1.38 bits per heavy atom. The van der Waals surface area contributed by atoms with Gasteiger partial charge in [0.2, 0.25) is 11.8 Å². The van der Waals surface area contributed by atoms with Gasteiger partial charge in [-0.3, -0.25) is 18.7 Å². The topological polar surface area (TPSA) is 145 Å². The number of aromatic amines is 2. The normalized spacial score (nSPS) is 12.8. The van der Waals surface area contributed by atoms with Gasteiger partial charge < -0.3 is 19.4 Å². The monoisotopic (exact) mass is 1090 g/mol. The molecule has 0 radical (unpaired) electrons. The molecule has 2 amide bonds. The number of fused-ring (bicyclic) bond motifs is 8. The fourth-order valence-electron chi connectivity index (χ4n) is 10.6. The Morgan fingerprint density at radius 1 is 0.537 bits per heavy atom. The van der Waals surface area contributed by atoms with Crippen LogP contribution >= 0.6 is 22.7 Å². The molecule has 11 rings (SSSR count). The maximum absolute atomic E-state index is 14.4. The molecule has 5 aromatic heterocycles. The number of H-pyrrole nitrogens is 2. The summed E-state index contributed by atoms with van der Waals surface area (Å²) in [5.41, 5.74) is 19.3. The maximum atomic E-state index is 14.4. The first kappa shape index (κ1) is 52.8. The molecule has 0 fully saturated rings. The van der Waals surface area contributed by atoms with Gasteiger partial charge in [-0.25, -0.2) is 9.97 Å². The minimum Gasteiger partial charge on any atom is -0.495 e. The molecule has 80 heavy (non-hydrogen) atoms. The lowest BCUT2D eigenvalue weighted by Crippen LogP contribution is -2.17. The molecule has 0 spiro atoms. The molecule has 0 saturated carbocycles. The van der Waals surface area contributed by atoms with Crippen LogP contribution in [-0.2, 0) is 9.59 Å². The fourth-order valence-corrected chi connectivity index (χ4v) is 12.4. The number of benzene rings is 4. The van der Waals surface area contributed by atoms with Crippen molar-refractivity contribution in [2.24, 2.45) is 9.98 Å². The summed E-state index contributed by atoms with van der Waals surface area (Å²) >= 11 is 2.81. The molecule has 0 saturated heterocycles. The van der Waals surface area contributed by atoms with Crippen LogP contribution in [0.25, 0.3) is 90.4 Å². The van der Waals surface area contributed by atoms with Crippen LogP contribution in [0.3, 0.4) is 0 Å². The van der Waals surface area contributed by atoms with Crippen LogP contribution in [-0.4, -0.2) is 55.1 Å². The lowest BCUT2D eigenvalue weighted by Gasteiger charge is -2.13. The smallest absolute Gasteiger partial charge is 0.248 e. The van der Waals surface area contributed by atoms with E-state index in [-0.39, 0.29) is 24.7 Å². The van der Waals surface area contributed by atoms with Crippen molar-refractivity contribution in [2.45, 2.75) is 53.4 Å². The van der Waals surface area contributed by atoms with Crippen molar-refractivity contribution >= 4 is 91.0 Å². The molecule has 9 aromatic rings. The highest BCUT2D eigenvalue weighted by Gasteiger charge is 2.24. The van der Waals surface area contributed by atoms with Crippen molar-refractivity contribution in [2.75, 3.05) is 14.2 Å². The van der Waals surface area contributed by atoms with Crippen molar-refractivity contribution in [3.8, 4) is 45.4 Å². The van der Waals surface area contributed by atoms with Gasteiger partial charge in [0, 0.05) is 56.8 Å². The first-order chi connectivity index (χ1) is 39.0. The third-order valence-electron chi connectivity index (χ3n) is 14.9. The number of hydrogen-bond donors (Lipinski definition) is 2. The number of allylic oxidation sites excluding steroid dienone is 4. The van der Waals surface area contributed by atoms with Crippen LogP contribution in [0.5, 0.6) is 11.5 Å². The van der Waals surface area contributed by atoms with E-state index < -0.39 is 0 Å². The first-order valence-corrected chi connectivity index (χ1v) is 28.1. The third-order valence-corrected chi connectivity index (χ3v) is 16.5. The van der Waals surface area contributed by atoms with Crippen molar-refractivity contribution in [1.29, 1.82) is 0 Å². The van der Waals surface area contributed by atoms with E-state index in [4.69, 9.17) is 29.4 Å². The number of nitrogens with zero attached hydrogens (tertiary/aromatic N) is 6. The van der Waals surface area contributed by atoms with Gasteiger partial charge in [-0.15, -0.1) is 22.7 Å². The number of hydrogen-bond acceptors (Lipinski definition) is 8. The zero-order chi connectivity index (χ0) is 55.6. The maximum Gasteiger partial charge on any atom is 0.248 e. The van der Waals surface area contributed by atoms with Gasteiger partial charge in [0.05, 0.1) is 59.8 Å². The second-order valence-electron chi connectivity index (χ2n) is 19.5. The van der Waals surface area contributed by atoms with Crippen LogP contribution in [0, 0.1) is 13.8 Å². The van der Waals surface area contributed by atoms with E-state index in [9.17, 15) is 9.59 Å². The molecule has 7 heterocycles. The number of para-hydroxylation sites is 4. The second kappa shape index (κ2) is 22.6. The molecule has 2 N–H and O–H groups in total. The first-order valence-electron chi connectivity index (χ1n) is 26.3. The lowest BCUT2D eigenvalue weighted by molar-refractivity contribution is -0.118. The summed E-state index contributed by atoms with van der Waals surface area (Å²) in [5, 5.41) is 4.05. The summed E-state index contributed by atoms with van der Waals surface area (Å²) in [6, 6.07) is 43.8. The number of amides is 2. The Bertz CT molecular complexity index is 4350. The van der Waals surface area contributed by atoms with E-state index >= 15 is 0 Å². The summed E-state index contributed by atoms with van der Waals surface area (Å²) in [6.45, 7) is 16.7. The SMILES string of the molecule is C=Cc1c(C)c2cc3[nH]c(cc4nc(cc5nc(cc1[nH]2)C(C)=C5CCC(=O)N=c1scc(-c2ccccc2)n1-c1ccccc1OC)C(CCC(=O)N=c1scc(-c2ccccc2)n1-c1ccccc1OC)=C4C)c(C)c3C=C. The van der Waals surface area contributed by atoms with Crippen molar-refractivity contribution in [1.82, 2.24) is 29.1 Å². The number of ether oxygens (including phenoxy) is 2. The van der Waals surface area contributed by atoms with Gasteiger partial charge in [0.15, 0.2) is 9.60 Å². The largest absolute Gasteiger partial charge is 0.495 e. The number of methoxy groups -OCH3 is 2. The van der Waals surface area contributed by atoms with E-state index in [1.54, 1.807) is 14.2 Å². The van der Waals surface area contributed by atoms with E-state index in [1.165, 1.54) is 22.7 Å². The average Bonchev–Trinajstić information content (AvgIpc) is 4.38. The average molecular weight is 1090 g/mol. The Hall–Kier alpha value is -9.24. The van der Waals surface area contributed by atoms with Crippen molar-refractivity contribution < 1.29 is 19.1 Å². The highest BCUT2D eigenvalue weighted by Crippen LogP contribution is 2.39. The van der Waals surface area contributed by atoms with Crippen LogP contribution < -0.4 is 19.1 Å². The molecule has 398 valence electrons. The summed E-state index contributed by atoms with van der Waals surface area (Å²) in [4.78, 5) is 57.4. The standard InChI is InChI=1S/C66H58N8O4S2/c1-9-45-39(3)49-33-50-41(5)47(29-31-63(75)71-65-73(57-25-17-19-27-61(57)77-7)59(37-79-65)43-21-13-11-14-22-43)55(69-50)36-56-48(42(6)52(70-56)35-54-46(10-2)40(4)51(68-54)34-53(45)67-49)30-32-64(76)72-66-74(58-26-18-20-28-62(58)78-8)60(38-80-66)44-23-15-12-16-24-44/h9-28,33-38,67-68H,1-2,29-32H2,3-8H3. The van der Waals surface area contributed by atoms with Crippen LogP contribution in [0.4, 0.5) is 0 Å². The number of aromatic nitrogens is 6. The Labute approximate surface area is 471 Å². The number of carbonyl (C=O) groups is 2. The number of aryl methyl sites for hydroxylation is 2. The lowest BCUT2D eigenvalue weighted by atomic mass is 9.98. The quantitative estimate of drug-likeness (QED) is 0.111. The molecule has 14 heteroatoms. The number of carbonyl (C=O) groups excluding carboxylic acids is 2. The minimum atomic E-state index is -0.283. The van der Waals surface area contributed by atoms with Gasteiger partial charge in [0.25, 0.3) is 0 Å². The molecule has 2 aliphatic heterocycles. The molecule has 2 aliphatic rings. The zero-order valence-corrected chi connectivity index (χ0v) is 47.0. The van der Waals surface area contributed by atoms with E-state index in [1.807, 2.05) is 154 Å². The number of nitrogens with one attached hydrogen (secondary N) is 2. The molecule has 0 unspecified atom stereocenters. The van der Waals surface area contributed by atoms with Crippen molar-refractivity contribution in [3.63, 3.8) is 0 Å². The zero-order valence-electron chi connectivity index (χ0n) is 45.4. The van der Waals surface area contributed by atoms with Crippen LogP contribution in [0.15, 0.2) is 167 Å².